The quantitative estimate of drug-likeness (QED) is 0.697. The van der Waals surface area contributed by atoms with Crippen LogP contribution in [-0.4, -0.2) is 43.6 Å². The molecule has 1 aromatic carbocycles. The summed E-state index contributed by atoms with van der Waals surface area (Å²) in [6, 6.07) is 2.40. The van der Waals surface area contributed by atoms with Crippen LogP contribution in [0.25, 0.3) is 0 Å². The van der Waals surface area contributed by atoms with Gasteiger partial charge in [-0.25, -0.2) is 0 Å². The van der Waals surface area contributed by atoms with Gasteiger partial charge in [-0.15, -0.1) is 0 Å². The van der Waals surface area contributed by atoms with Gasteiger partial charge in [-0.2, -0.15) is 0 Å². The second-order valence-corrected chi connectivity index (χ2v) is 5.69. The molecular formula is C15H21NO6S. The van der Waals surface area contributed by atoms with E-state index < -0.39 is 12.0 Å². The molecule has 0 bridgehead atoms. The molecule has 0 aliphatic heterocycles. The zero-order valence-corrected chi connectivity index (χ0v) is 14.1. The molecule has 0 aliphatic carbocycles. The number of hydrogen-bond acceptors (Lipinski definition) is 7. The number of thioether (sulfide) groups is 1. The fourth-order valence-corrected chi connectivity index (χ4v) is 2.69. The van der Waals surface area contributed by atoms with Crippen LogP contribution in [0.5, 0.6) is 17.2 Å². The van der Waals surface area contributed by atoms with Gasteiger partial charge in [-0.05, 0) is 6.42 Å². The summed E-state index contributed by atoms with van der Waals surface area (Å²) in [5.41, 5.74) is 6.11. The highest BCUT2D eigenvalue weighted by Gasteiger charge is 2.17. The molecule has 8 heteroatoms. The number of carboxylic acid groups (broad SMARTS) is 1. The highest BCUT2D eigenvalue weighted by Crippen LogP contribution is 2.36. The van der Waals surface area contributed by atoms with Gasteiger partial charge in [0.15, 0.2) is 5.12 Å². The number of benzene rings is 1. The van der Waals surface area contributed by atoms with Crippen molar-refractivity contribution >= 4 is 22.8 Å². The lowest BCUT2D eigenvalue weighted by atomic mass is 10.2. The summed E-state index contributed by atoms with van der Waals surface area (Å²) in [6.07, 6.45) is 0.205. The van der Waals surface area contributed by atoms with Crippen molar-refractivity contribution in [1.29, 1.82) is 0 Å². The molecule has 0 aromatic heterocycles. The Bertz CT molecular complexity index is 538. The van der Waals surface area contributed by atoms with Gasteiger partial charge in [-0.3, -0.25) is 9.59 Å². The van der Waals surface area contributed by atoms with E-state index in [4.69, 9.17) is 25.1 Å². The summed E-state index contributed by atoms with van der Waals surface area (Å²) < 4.78 is 15.8. The number of carbonyl (C=O) groups is 2. The van der Waals surface area contributed by atoms with Crippen LogP contribution in [0.3, 0.4) is 0 Å². The average molecular weight is 343 g/mol. The van der Waals surface area contributed by atoms with Gasteiger partial charge in [0.2, 0.25) is 0 Å². The van der Waals surface area contributed by atoms with Crippen molar-refractivity contribution in [3.05, 3.63) is 17.7 Å². The van der Waals surface area contributed by atoms with Crippen LogP contribution in [0.15, 0.2) is 12.1 Å². The number of nitrogens with two attached hydrogens (primary N) is 1. The molecule has 128 valence electrons. The molecule has 0 spiro atoms. The minimum Gasteiger partial charge on any atom is -0.496 e. The molecule has 0 saturated carbocycles. The summed E-state index contributed by atoms with van der Waals surface area (Å²) in [5.74, 6) is 0.942. The standard InChI is InChI=1S/C15H21NO6S/c1-20-9-6-12(21-2)10(13(7-9)22-3)8-23-14(17)5-4-11(16)15(18)19/h6-7,11H,4-5,8,16H2,1-3H3,(H,18,19). The maximum absolute atomic E-state index is 11.9. The number of hydrogen-bond donors (Lipinski definition) is 2. The number of carbonyl (C=O) groups excluding carboxylic acids is 1. The topological polar surface area (TPSA) is 108 Å². The lowest BCUT2D eigenvalue weighted by Crippen LogP contribution is -2.30. The van der Waals surface area contributed by atoms with Crippen molar-refractivity contribution in [2.24, 2.45) is 5.73 Å². The molecule has 1 atom stereocenters. The summed E-state index contributed by atoms with van der Waals surface area (Å²) in [7, 11) is 4.59. The minimum absolute atomic E-state index is 0.0961. The Hall–Kier alpha value is -1.93. The van der Waals surface area contributed by atoms with Gasteiger partial charge >= 0.3 is 5.97 Å². The number of ether oxygens (including phenoxy) is 3. The fraction of sp³-hybridized carbons (Fsp3) is 0.467. The SMILES string of the molecule is COc1cc(OC)c(CSC(=O)CCC(N)C(=O)O)c(OC)c1. The fourth-order valence-electron chi connectivity index (χ4n) is 1.84. The Kier molecular flexibility index (Phi) is 7.70. The first-order valence-corrected chi connectivity index (χ1v) is 7.84. The number of rotatable bonds is 9. The van der Waals surface area contributed by atoms with Crippen molar-refractivity contribution in [2.75, 3.05) is 21.3 Å². The van der Waals surface area contributed by atoms with Crippen molar-refractivity contribution in [3.63, 3.8) is 0 Å². The highest BCUT2D eigenvalue weighted by molar-refractivity contribution is 8.12. The number of carboxylic acids is 1. The molecule has 1 rings (SSSR count). The predicted octanol–water partition coefficient (Wildman–Crippen LogP) is 1.66. The normalized spacial score (nSPS) is 11.7. The van der Waals surface area contributed by atoms with Crippen LogP contribution in [0, 0.1) is 0 Å². The molecule has 0 saturated heterocycles. The monoisotopic (exact) mass is 343 g/mol. The Morgan fingerprint density at radius 2 is 1.74 bits per heavy atom. The molecule has 7 nitrogen and oxygen atoms in total. The van der Waals surface area contributed by atoms with E-state index in [1.165, 1.54) is 21.3 Å². The van der Waals surface area contributed by atoms with Gasteiger partial charge in [0.05, 0.1) is 21.3 Å². The molecule has 0 aliphatic rings. The van der Waals surface area contributed by atoms with Gasteiger partial charge < -0.3 is 25.1 Å². The van der Waals surface area contributed by atoms with Gasteiger partial charge in [0.1, 0.15) is 23.3 Å². The zero-order chi connectivity index (χ0) is 17.4. The molecule has 0 amide bonds. The van der Waals surface area contributed by atoms with E-state index in [1.807, 2.05) is 0 Å². The molecule has 0 fully saturated rings. The third kappa shape index (κ3) is 5.65. The van der Waals surface area contributed by atoms with E-state index in [1.54, 1.807) is 12.1 Å². The number of aliphatic carboxylic acids is 1. The van der Waals surface area contributed by atoms with Crippen LogP contribution >= 0.6 is 11.8 Å². The van der Waals surface area contributed by atoms with Crippen LogP contribution in [0.1, 0.15) is 18.4 Å². The summed E-state index contributed by atoms with van der Waals surface area (Å²) >= 11 is 1.07. The second kappa shape index (κ2) is 9.26. The van der Waals surface area contributed by atoms with E-state index in [2.05, 4.69) is 0 Å². The first-order chi connectivity index (χ1) is 10.9. The summed E-state index contributed by atoms with van der Waals surface area (Å²) in [5, 5.41) is 8.56. The van der Waals surface area contributed by atoms with E-state index in [0.717, 1.165) is 17.3 Å². The zero-order valence-electron chi connectivity index (χ0n) is 13.3. The lowest BCUT2D eigenvalue weighted by Gasteiger charge is -2.14. The Labute approximate surface area is 139 Å². The van der Waals surface area contributed by atoms with Crippen molar-refractivity contribution < 1.29 is 28.9 Å². The number of methoxy groups -OCH3 is 3. The molecule has 0 heterocycles. The third-order valence-electron chi connectivity index (χ3n) is 3.17. The first-order valence-electron chi connectivity index (χ1n) is 6.85. The minimum atomic E-state index is -1.11. The maximum atomic E-state index is 11.9. The molecule has 3 N–H and O–H groups in total. The summed E-state index contributed by atoms with van der Waals surface area (Å²) in [6.45, 7) is 0. The van der Waals surface area contributed by atoms with Crippen LogP contribution in [-0.2, 0) is 15.3 Å². The Morgan fingerprint density at radius 1 is 1.17 bits per heavy atom. The Balaban J connectivity index is 2.73. The Morgan fingerprint density at radius 3 is 2.17 bits per heavy atom. The average Bonchev–Trinajstić information content (AvgIpc) is 2.56. The van der Waals surface area contributed by atoms with Crippen molar-refractivity contribution in [2.45, 2.75) is 24.6 Å². The van der Waals surface area contributed by atoms with E-state index in [-0.39, 0.29) is 18.0 Å². The maximum Gasteiger partial charge on any atom is 0.320 e. The van der Waals surface area contributed by atoms with Crippen LogP contribution in [0.2, 0.25) is 0 Å². The van der Waals surface area contributed by atoms with E-state index in [9.17, 15) is 9.59 Å². The van der Waals surface area contributed by atoms with Crippen molar-refractivity contribution in [1.82, 2.24) is 0 Å². The molecule has 1 unspecified atom stereocenters. The van der Waals surface area contributed by atoms with Crippen LogP contribution < -0.4 is 19.9 Å². The van der Waals surface area contributed by atoms with E-state index >= 15 is 0 Å². The predicted molar refractivity (Wildman–Crippen MR) is 87.2 cm³/mol. The van der Waals surface area contributed by atoms with Gasteiger partial charge in [0.25, 0.3) is 0 Å². The lowest BCUT2D eigenvalue weighted by molar-refractivity contribution is -0.138. The molecule has 1 aromatic rings. The second-order valence-electron chi connectivity index (χ2n) is 4.65. The molecule has 0 radical (unpaired) electrons. The largest absolute Gasteiger partial charge is 0.496 e. The van der Waals surface area contributed by atoms with E-state index in [0.29, 0.717) is 23.0 Å². The molecular weight excluding hydrogens is 322 g/mol. The van der Waals surface area contributed by atoms with Crippen LogP contribution in [0.4, 0.5) is 0 Å². The third-order valence-corrected chi connectivity index (χ3v) is 4.13. The van der Waals surface area contributed by atoms with Gasteiger partial charge in [-0.1, -0.05) is 11.8 Å². The highest BCUT2D eigenvalue weighted by atomic mass is 32.2. The smallest absolute Gasteiger partial charge is 0.320 e. The summed E-state index contributed by atoms with van der Waals surface area (Å²) in [4.78, 5) is 22.5. The van der Waals surface area contributed by atoms with Crippen molar-refractivity contribution in [3.8, 4) is 17.2 Å². The molecule has 23 heavy (non-hydrogen) atoms. The first kappa shape index (κ1) is 19.1. The van der Waals surface area contributed by atoms with Gasteiger partial charge in [0, 0.05) is 29.9 Å².